The molecule has 0 spiro atoms. The van der Waals surface area contributed by atoms with Crippen LogP contribution in [0.4, 0.5) is 10.5 Å². The highest BCUT2D eigenvalue weighted by molar-refractivity contribution is 8.18. The number of rotatable bonds is 6. The molecule has 2 heterocycles. The molecule has 9 heteroatoms. The summed E-state index contributed by atoms with van der Waals surface area (Å²) in [5, 5.41) is 13.3. The molecule has 1 fully saturated rings. The largest absolute Gasteiger partial charge is 0.545 e. The summed E-state index contributed by atoms with van der Waals surface area (Å²) in [4.78, 5) is 49.5. The fourth-order valence-electron chi connectivity index (χ4n) is 3.33. The molecule has 8 nitrogen and oxygen atoms in total. The molecule has 0 saturated carbocycles. The molecule has 1 N–H and O–H groups in total. The summed E-state index contributed by atoms with van der Waals surface area (Å²) >= 11 is 0.712. The Morgan fingerprint density at radius 1 is 1.06 bits per heavy atom. The molecule has 166 valence electrons. The SMILES string of the molecule is Cc1c(C(=O)[O-])cccc1-c1ccc(/C=C2/SC(=O)N(CC(=O)Nc3ccccc3)C2=O)o1. The molecule has 1 aromatic heterocycles. The Hall–Kier alpha value is -4.11. The van der Waals surface area contributed by atoms with Crippen molar-refractivity contribution in [3.05, 3.63) is 82.5 Å². The minimum Gasteiger partial charge on any atom is -0.545 e. The average Bonchev–Trinajstić information content (AvgIpc) is 3.34. The number of nitrogens with one attached hydrogen (secondary N) is 1. The van der Waals surface area contributed by atoms with E-state index in [1.54, 1.807) is 61.5 Å². The van der Waals surface area contributed by atoms with E-state index in [4.69, 9.17) is 4.42 Å². The van der Waals surface area contributed by atoms with Crippen molar-refractivity contribution in [2.75, 3.05) is 11.9 Å². The first-order valence-electron chi connectivity index (χ1n) is 9.85. The number of nitrogens with zero attached hydrogens (tertiary/aromatic N) is 1. The van der Waals surface area contributed by atoms with E-state index in [1.807, 2.05) is 0 Å². The van der Waals surface area contributed by atoms with Crippen LogP contribution in [0.2, 0.25) is 0 Å². The van der Waals surface area contributed by atoms with Crippen molar-refractivity contribution in [3.63, 3.8) is 0 Å². The van der Waals surface area contributed by atoms with Crippen LogP contribution in [0.5, 0.6) is 0 Å². The van der Waals surface area contributed by atoms with Crippen LogP contribution in [0.25, 0.3) is 17.4 Å². The predicted octanol–water partition coefficient (Wildman–Crippen LogP) is 3.29. The van der Waals surface area contributed by atoms with Gasteiger partial charge in [0.25, 0.3) is 11.1 Å². The Morgan fingerprint density at radius 2 is 1.82 bits per heavy atom. The molecule has 0 bridgehead atoms. The van der Waals surface area contributed by atoms with Gasteiger partial charge in [0, 0.05) is 22.9 Å². The van der Waals surface area contributed by atoms with Crippen molar-refractivity contribution in [2.24, 2.45) is 0 Å². The number of benzene rings is 2. The van der Waals surface area contributed by atoms with E-state index in [1.165, 1.54) is 12.1 Å². The van der Waals surface area contributed by atoms with E-state index >= 15 is 0 Å². The average molecular weight is 461 g/mol. The highest BCUT2D eigenvalue weighted by atomic mass is 32.2. The minimum atomic E-state index is -1.29. The maximum absolute atomic E-state index is 12.7. The number of carbonyl (C=O) groups excluding carboxylic acids is 4. The lowest BCUT2D eigenvalue weighted by Gasteiger charge is -2.12. The molecule has 0 unspecified atom stereocenters. The lowest BCUT2D eigenvalue weighted by atomic mass is 10.0. The second-order valence-corrected chi connectivity index (χ2v) is 8.14. The van der Waals surface area contributed by atoms with Gasteiger partial charge in [-0.1, -0.05) is 36.4 Å². The second kappa shape index (κ2) is 9.17. The topological polar surface area (TPSA) is 120 Å². The number of thioether (sulfide) groups is 1. The van der Waals surface area contributed by atoms with Gasteiger partial charge in [0.2, 0.25) is 5.91 Å². The Bertz CT molecular complexity index is 1300. The number of carboxylic acids is 1. The summed E-state index contributed by atoms with van der Waals surface area (Å²) in [7, 11) is 0. The molecule has 0 aliphatic carbocycles. The van der Waals surface area contributed by atoms with E-state index in [-0.39, 0.29) is 10.5 Å². The van der Waals surface area contributed by atoms with Crippen molar-refractivity contribution < 1.29 is 28.7 Å². The van der Waals surface area contributed by atoms with Gasteiger partial charge in [-0.2, -0.15) is 0 Å². The minimum absolute atomic E-state index is 0.0559. The number of carbonyl (C=O) groups is 4. The second-order valence-electron chi connectivity index (χ2n) is 7.15. The molecular formula is C24H17N2O6S-. The summed E-state index contributed by atoms with van der Waals surface area (Å²) in [5.74, 6) is -1.66. The molecule has 0 atom stereocenters. The highest BCUT2D eigenvalue weighted by Gasteiger charge is 2.36. The van der Waals surface area contributed by atoms with Gasteiger partial charge in [-0.05, 0) is 48.5 Å². The van der Waals surface area contributed by atoms with Gasteiger partial charge in [0.05, 0.1) is 10.9 Å². The Morgan fingerprint density at radius 3 is 2.55 bits per heavy atom. The van der Waals surface area contributed by atoms with Crippen LogP contribution in [0.3, 0.4) is 0 Å². The molecule has 33 heavy (non-hydrogen) atoms. The highest BCUT2D eigenvalue weighted by Crippen LogP contribution is 2.34. The van der Waals surface area contributed by atoms with Gasteiger partial charge in [0.15, 0.2) is 0 Å². The van der Waals surface area contributed by atoms with E-state index in [2.05, 4.69) is 5.32 Å². The molecule has 1 aliphatic rings. The summed E-state index contributed by atoms with van der Waals surface area (Å²) < 4.78 is 5.76. The van der Waals surface area contributed by atoms with Crippen LogP contribution < -0.4 is 10.4 Å². The van der Waals surface area contributed by atoms with Gasteiger partial charge in [0.1, 0.15) is 18.1 Å². The van der Waals surface area contributed by atoms with E-state index in [0.717, 1.165) is 4.90 Å². The van der Waals surface area contributed by atoms with Crippen LogP contribution >= 0.6 is 11.8 Å². The van der Waals surface area contributed by atoms with Crippen LogP contribution in [0.1, 0.15) is 21.7 Å². The molecule has 4 rings (SSSR count). The van der Waals surface area contributed by atoms with Crippen molar-refractivity contribution in [1.29, 1.82) is 0 Å². The first-order chi connectivity index (χ1) is 15.8. The quantitative estimate of drug-likeness (QED) is 0.559. The van der Waals surface area contributed by atoms with Crippen molar-refractivity contribution in [3.8, 4) is 11.3 Å². The zero-order chi connectivity index (χ0) is 23.5. The molecule has 3 amide bonds. The standard InChI is InChI=1S/C24H18N2O6S/c1-14-17(8-5-9-18(14)23(29)30)19-11-10-16(32-19)12-20-22(28)26(24(31)33-20)13-21(27)25-15-6-3-2-4-7-15/h2-12H,13H2,1H3,(H,25,27)(H,29,30)/p-1/b20-12+. The summed E-state index contributed by atoms with van der Waals surface area (Å²) in [6, 6.07) is 16.7. The normalized spacial score (nSPS) is 14.7. The Labute approximate surface area is 192 Å². The predicted molar refractivity (Wildman–Crippen MR) is 121 cm³/mol. The molecule has 2 aromatic carbocycles. The summed E-state index contributed by atoms with van der Waals surface area (Å²) in [5.41, 5.74) is 1.68. The lowest BCUT2D eigenvalue weighted by molar-refractivity contribution is -0.255. The van der Waals surface area contributed by atoms with Crippen molar-refractivity contribution in [2.45, 2.75) is 6.92 Å². The van der Waals surface area contributed by atoms with Gasteiger partial charge >= 0.3 is 0 Å². The smallest absolute Gasteiger partial charge is 0.294 e. The van der Waals surface area contributed by atoms with Crippen LogP contribution in [0, 0.1) is 6.92 Å². The van der Waals surface area contributed by atoms with Crippen LogP contribution in [0.15, 0.2) is 70.0 Å². The maximum Gasteiger partial charge on any atom is 0.294 e. The van der Waals surface area contributed by atoms with Crippen LogP contribution in [-0.2, 0) is 9.59 Å². The number of para-hydroxylation sites is 1. The number of imide groups is 1. The van der Waals surface area contributed by atoms with Crippen LogP contribution in [-0.4, -0.2) is 34.5 Å². The number of anilines is 1. The fraction of sp³-hybridized carbons (Fsp3) is 0.0833. The van der Waals surface area contributed by atoms with Gasteiger partial charge in [-0.3, -0.25) is 19.3 Å². The number of carboxylic acid groups (broad SMARTS) is 1. The van der Waals surface area contributed by atoms with Gasteiger partial charge in [-0.25, -0.2) is 0 Å². The van der Waals surface area contributed by atoms with Gasteiger partial charge < -0.3 is 19.6 Å². The summed E-state index contributed by atoms with van der Waals surface area (Å²) in [6.07, 6.45) is 1.42. The fourth-order valence-corrected chi connectivity index (χ4v) is 4.15. The Kier molecular flexibility index (Phi) is 6.14. The number of hydrogen-bond donors (Lipinski definition) is 1. The van der Waals surface area contributed by atoms with E-state index in [9.17, 15) is 24.3 Å². The zero-order valence-corrected chi connectivity index (χ0v) is 18.2. The number of furan rings is 1. The number of hydrogen-bond acceptors (Lipinski definition) is 7. The van der Waals surface area contributed by atoms with Crippen molar-refractivity contribution >= 4 is 46.5 Å². The first-order valence-corrected chi connectivity index (χ1v) is 10.7. The first kappa shape index (κ1) is 22.1. The lowest BCUT2D eigenvalue weighted by Crippen LogP contribution is -2.36. The number of aromatic carboxylic acids is 1. The third-order valence-electron chi connectivity index (χ3n) is 4.95. The molecular weight excluding hydrogens is 444 g/mol. The number of amides is 3. The molecule has 0 radical (unpaired) electrons. The zero-order valence-electron chi connectivity index (χ0n) is 17.4. The Balaban J connectivity index is 1.49. The molecule has 1 aliphatic heterocycles. The molecule has 1 saturated heterocycles. The monoisotopic (exact) mass is 461 g/mol. The summed E-state index contributed by atoms with van der Waals surface area (Å²) in [6.45, 7) is 1.24. The third kappa shape index (κ3) is 4.73. The van der Waals surface area contributed by atoms with E-state index < -0.39 is 29.6 Å². The van der Waals surface area contributed by atoms with E-state index in [0.29, 0.717) is 40.1 Å². The van der Waals surface area contributed by atoms with Gasteiger partial charge in [-0.15, -0.1) is 0 Å². The maximum atomic E-state index is 12.7. The van der Waals surface area contributed by atoms with Crippen molar-refractivity contribution in [1.82, 2.24) is 4.90 Å². The molecule has 3 aromatic rings. The third-order valence-corrected chi connectivity index (χ3v) is 5.86.